The van der Waals surface area contributed by atoms with E-state index in [4.69, 9.17) is 22.4 Å². The maximum absolute atomic E-state index is 12.2. The third kappa shape index (κ3) is 5.39. The van der Waals surface area contributed by atoms with E-state index in [0.717, 1.165) is 21.9 Å². The molecule has 156 valence electrons. The number of carboxylic acids is 1. The molecule has 3 rings (SSSR count). The van der Waals surface area contributed by atoms with Gasteiger partial charge in [-0.25, -0.2) is 5.43 Å². The molecule has 7 nitrogen and oxygen atoms in total. The molecular weight excluding hydrogens is 418 g/mol. The van der Waals surface area contributed by atoms with Crippen LogP contribution in [-0.2, 0) is 4.79 Å². The van der Waals surface area contributed by atoms with Crippen LogP contribution >= 0.6 is 11.6 Å². The van der Waals surface area contributed by atoms with Crippen molar-refractivity contribution in [1.82, 2.24) is 5.43 Å². The van der Waals surface area contributed by atoms with E-state index >= 15 is 0 Å². The van der Waals surface area contributed by atoms with E-state index in [-0.39, 0.29) is 22.8 Å². The van der Waals surface area contributed by atoms with Crippen molar-refractivity contribution in [1.29, 1.82) is 0 Å². The molecule has 0 aliphatic carbocycles. The molecule has 1 unspecified atom stereocenters. The molecule has 0 saturated heterocycles. The number of benzene rings is 3. The Morgan fingerprint density at radius 1 is 1.16 bits per heavy atom. The minimum absolute atomic E-state index is 0.0418. The van der Waals surface area contributed by atoms with Gasteiger partial charge in [0.25, 0.3) is 5.91 Å². The number of carbonyl (C=O) groups is 2. The lowest BCUT2D eigenvalue weighted by Gasteiger charge is -2.05. The predicted molar refractivity (Wildman–Crippen MR) is 119 cm³/mol. The number of hydrogen-bond acceptors (Lipinski definition) is 5. The highest BCUT2D eigenvalue weighted by molar-refractivity contribution is 6.32. The van der Waals surface area contributed by atoms with Crippen molar-refractivity contribution in [3.05, 3.63) is 76.3 Å². The van der Waals surface area contributed by atoms with Crippen LogP contribution in [0, 0.1) is 11.8 Å². The van der Waals surface area contributed by atoms with Gasteiger partial charge in [0.2, 0.25) is 0 Å². The second-order valence-electron chi connectivity index (χ2n) is 6.56. The highest BCUT2D eigenvalue weighted by Crippen LogP contribution is 2.24. The molecule has 0 aliphatic heterocycles. The van der Waals surface area contributed by atoms with E-state index in [1.807, 2.05) is 24.3 Å². The summed E-state index contributed by atoms with van der Waals surface area (Å²) in [7, 11) is 0. The Balaban J connectivity index is 1.80. The average Bonchev–Trinajstić information content (AvgIpc) is 2.76. The Morgan fingerprint density at radius 3 is 2.61 bits per heavy atom. The largest absolute Gasteiger partial charge is 0.506 e. The van der Waals surface area contributed by atoms with E-state index < -0.39 is 17.9 Å². The van der Waals surface area contributed by atoms with Crippen molar-refractivity contribution in [3.63, 3.8) is 0 Å². The summed E-state index contributed by atoms with van der Waals surface area (Å²) in [5.41, 5.74) is 9.65. The number of aromatic hydroxyl groups is 1. The molecule has 0 heterocycles. The van der Waals surface area contributed by atoms with Gasteiger partial charge < -0.3 is 15.9 Å². The van der Waals surface area contributed by atoms with Crippen LogP contribution < -0.4 is 11.2 Å². The first-order valence-corrected chi connectivity index (χ1v) is 9.55. The first-order valence-electron chi connectivity index (χ1n) is 9.17. The zero-order valence-electron chi connectivity index (χ0n) is 16.2. The summed E-state index contributed by atoms with van der Waals surface area (Å²) in [6.45, 7) is 0. The number of nitrogens with two attached hydrogens (primary N) is 1. The lowest BCUT2D eigenvalue weighted by atomic mass is 10.00. The number of carboxylic acid groups (broad SMARTS) is 1. The lowest BCUT2D eigenvalue weighted by Crippen LogP contribution is -2.29. The van der Waals surface area contributed by atoms with Gasteiger partial charge in [0.1, 0.15) is 11.8 Å². The van der Waals surface area contributed by atoms with Crippen molar-refractivity contribution < 1.29 is 19.8 Å². The van der Waals surface area contributed by atoms with Gasteiger partial charge in [0.05, 0.1) is 11.2 Å². The van der Waals surface area contributed by atoms with Gasteiger partial charge in [0.15, 0.2) is 0 Å². The second kappa shape index (κ2) is 9.76. The number of nitrogens with one attached hydrogen (secondary N) is 1. The Hall–Kier alpha value is -3.86. The van der Waals surface area contributed by atoms with Crippen LogP contribution in [0.3, 0.4) is 0 Å². The van der Waals surface area contributed by atoms with Crippen molar-refractivity contribution in [2.75, 3.05) is 0 Å². The van der Waals surface area contributed by atoms with Crippen LogP contribution in [0.15, 0.2) is 59.7 Å². The second-order valence-corrected chi connectivity index (χ2v) is 6.97. The lowest BCUT2D eigenvalue weighted by molar-refractivity contribution is -0.138. The third-order valence-corrected chi connectivity index (χ3v) is 4.70. The van der Waals surface area contributed by atoms with Crippen molar-refractivity contribution in [2.24, 2.45) is 10.8 Å². The molecule has 0 bridgehead atoms. The number of aliphatic carboxylic acids is 1. The molecule has 1 amide bonds. The number of phenolic OH excluding ortho intramolecular Hbond substituents is 1. The highest BCUT2D eigenvalue weighted by Gasteiger charge is 2.09. The summed E-state index contributed by atoms with van der Waals surface area (Å²) in [5, 5.41) is 24.1. The zero-order chi connectivity index (χ0) is 22.4. The number of phenols is 1. The van der Waals surface area contributed by atoms with Crippen LogP contribution in [-0.4, -0.2) is 34.3 Å². The van der Waals surface area contributed by atoms with Crippen LogP contribution in [0.1, 0.15) is 27.9 Å². The van der Waals surface area contributed by atoms with E-state index in [2.05, 4.69) is 22.4 Å². The Labute approximate surface area is 183 Å². The monoisotopic (exact) mass is 435 g/mol. The highest BCUT2D eigenvalue weighted by atomic mass is 35.5. The zero-order valence-corrected chi connectivity index (χ0v) is 16.9. The summed E-state index contributed by atoms with van der Waals surface area (Å²) >= 11 is 5.82. The minimum Gasteiger partial charge on any atom is -0.506 e. The number of nitrogens with zero attached hydrogens (tertiary/aromatic N) is 1. The van der Waals surface area contributed by atoms with E-state index in [1.165, 1.54) is 24.4 Å². The van der Waals surface area contributed by atoms with Gasteiger partial charge in [-0.2, -0.15) is 5.10 Å². The Kier molecular flexibility index (Phi) is 6.88. The van der Waals surface area contributed by atoms with Crippen molar-refractivity contribution >= 4 is 40.5 Å². The molecule has 0 aromatic heterocycles. The molecule has 3 aromatic rings. The summed E-state index contributed by atoms with van der Waals surface area (Å²) < 4.78 is 0. The van der Waals surface area contributed by atoms with Crippen LogP contribution in [0.5, 0.6) is 5.75 Å². The van der Waals surface area contributed by atoms with Crippen molar-refractivity contribution in [3.8, 4) is 17.6 Å². The van der Waals surface area contributed by atoms with Gasteiger partial charge >= 0.3 is 5.97 Å². The Bertz CT molecular complexity index is 1240. The number of hydrogen-bond donors (Lipinski definition) is 4. The molecule has 8 heteroatoms. The maximum Gasteiger partial charge on any atom is 0.321 e. The minimum atomic E-state index is -1.10. The fourth-order valence-electron chi connectivity index (χ4n) is 2.76. The van der Waals surface area contributed by atoms with Crippen LogP contribution in [0.4, 0.5) is 0 Å². The fourth-order valence-corrected chi connectivity index (χ4v) is 2.94. The molecule has 3 aromatic carbocycles. The molecule has 0 aliphatic rings. The van der Waals surface area contributed by atoms with E-state index in [9.17, 15) is 14.7 Å². The Morgan fingerprint density at radius 2 is 1.90 bits per heavy atom. The number of rotatable bonds is 5. The van der Waals surface area contributed by atoms with Gasteiger partial charge in [-0.15, -0.1) is 0 Å². The summed E-state index contributed by atoms with van der Waals surface area (Å²) in [6.07, 6.45) is 1.56. The topological polar surface area (TPSA) is 125 Å². The molecule has 0 radical (unpaired) electrons. The van der Waals surface area contributed by atoms with E-state index in [1.54, 1.807) is 12.1 Å². The SMILES string of the molecule is NC(CC#Cc1ccc(C=NNC(=O)c2ccc(O)c(Cl)c2)c2ccccc12)C(=O)O. The van der Waals surface area contributed by atoms with Gasteiger partial charge in [-0.05, 0) is 35.0 Å². The molecule has 31 heavy (non-hydrogen) atoms. The number of hydrazone groups is 1. The smallest absolute Gasteiger partial charge is 0.321 e. The van der Waals surface area contributed by atoms with E-state index in [0.29, 0.717) is 0 Å². The molecule has 1 atom stereocenters. The van der Waals surface area contributed by atoms with Crippen LogP contribution in [0.2, 0.25) is 5.02 Å². The molecule has 0 saturated carbocycles. The van der Waals surface area contributed by atoms with Gasteiger partial charge in [0, 0.05) is 23.1 Å². The molecule has 0 spiro atoms. The van der Waals surface area contributed by atoms with Crippen molar-refractivity contribution in [2.45, 2.75) is 12.5 Å². The fraction of sp³-hybridized carbons (Fsp3) is 0.0870. The first-order chi connectivity index (χ1) is 14.9. The summed E-state index contributed by atoms with van der Waals surface area (Å²) in [6, 6.07) is 14.2. The quantitative estimate of drug-likeness (QED) is 0.278. The number of carbonyl (C=O) groups excluding carboxylic acids is 1. The number of halogens is 1. The average molecular weight is 436 g/mol. The maximum atomic E-state index is 12.2. The summed E-state index contributed by atoms with van der Waals surface area (Å²) in [4.78, 5) is 23.0. The number of fused-ring (bicyclic) bond motifs is 1. The standard InChI is InChI=1S/C23H18ClN3O4/c24-19-12-15(10-11-21(19)28)22(29)27-26-13-16-9-8-14(4-3-7-20(25)23(30)31)17-5-1-2-6-18(16)17/h1-2,5-6,8-13,20,28H,7,25H2,(H,27,29)(H,30,31). The molecule has 5 N–H and O–H groups in total. The summed E-state index contributed by atoms with van der Waals surface area (Å²) in [5.74, 6) is 4.09. The van der Waals surface area contributed by atoms with Crippen LogP contribution in [0.25, 0.3) is 10.8 Å². The third-order valence-electron chi connectivity index (χ3n) is 4.40. The first kappa shape index (κ1) is 21.8. The molecule has 0 fully saturated rings. The van der Waals surface area contributed by atoms with Gasteiger partial charge in [-0.3, -0.25) is 9.59 Å². The normalized spacial score (nSPS) is 11.7. The van der Waals surface area contributed by atoms with Gasteiger partial charge in [-0.1, -0.05) is 53.8 Å². The molecular formula is C23H18ClN3O4. The number of amides is 1. The predicted octanol–water partition coefficient (Wildman–Crippen LogP) is 3.12.